The number of nitrogen functional groups attached to an aromatic ring is 1. The van der Waals surface area contributed by atoms with E-state index in [1.165, 1.54) is 32.4 Å². The summed E-state index contributed by atoms with van der Waals surface area (Å²) in [5, 5.41) is 1.81. The molecule has 30 heavy (non-hydrogen) atoms. The van der Waals surface area contributed by atoms with Crippen LogP contribution in [0.3, 0.4) is 0 Å². The van der Waals surface area contributed by atoms with Crippen LogP contribution in [-0.4, -0.2) is 48.2 Å². The van der Waals surface area contributed by atoms with Gasteiger partial charge in [-0.1, -0.05) is 24.2 Å². The van der Waals surface area contributed by atoms with Crippen LogP contribution < -0.4 is 15.2 Å². The standard InChI is InChI=1S/C23H28N4O2S/c1-28-21-15-20-19(14-22(21)29-12-6-11-27-9-3-2-4-10-27)23(26-16-25-20)30-18-8-5-7-17(24)13-18/h5,7-8,13-16H,2-4,6,9-12,24H2,1H3. The summed E-state index contributed by atoms with van der Waals surface area (Å²) >= 11 is 1.57. The van der Waals surface area contributed by atoms with Crippen molar-refractivity contribution >= 4 is 28.4 Å². The topological polar surface area (TPSA) is 73.5 Å². The normalized spacial score (nSPS) is 14.7. The maximum atomic E-state index is 6.12. The molecule has 7 heteroatoms. The van der Waals surface area contributed by atoms with Gasteiger partial charge in [0.15, 0.2) is 11.5 Å². The van der Waals surface area contributed by atoms with Gasteiger partial charge in [-0.2, -0.15) is 0 Å². The number of likely N-dealkylation sites (tertiary alicyclic amines) is 1. The fourth-order valence-corrected chi connectivity index (χ4v) is 4.68. The molecular weight excluding hydrogens is 396 g/mol. The number of piperidine rings is 1. The zero-order valence-corrected chi connectivity index (χ0v) is 18.2. The summed E-state index contributed by atoms with van der Waals surface area (Å²) in [4.78, 5) is 12.5. The lowest BCUT2D eigenvalue weighted by Gasteiger charge is -2.26. The van der Waals surface area contributed by atoms with E-state index in [2.05, 4.69) is 14.9 Å². The number of fused-ring (bicyclic) bond motifs is 1. The summed E-state index contributed by atoms with van der Waals surface area (Å²) in [6.07, 6.45) is 6.56. The van der Waals surface area contributed by atoms with Gasteiger partial charge in [0, 0.05) is 28.6 Å². The van der Waals surface area contributed by atoms with Crippen LogP contribution in [0.1, 0.15) is 25.7 Å². The van der Waals surface area contributed by atoms with Crippen LogP contribution >= 0.6 is 11.8 Å². The Kier molecular flexibility index (Phi) is 6.92. The molecular formula is C23H28N4O2S. The lowest BCUT2D eigenvalue weighted by atomic mass is 10.1. The highest BCUT2D eigenvalue weighted by atomic mass is 32.2. The highest BCUT2D eigenvalue weighted by molar-refractivity contribution is 7.99. The third kappa shape index (κ3) is 5.15. The summed E-state index contributed by atoms with van der Waals surface area (Å²) in [5.74, 6) is 1.42. The van der Waals surface area contributed by atoms with Crippen molar-refractivity contribution in [3.63, 3.8) is 0 Å². The van der Waals surface area contributed by atoms with Crippen LogP contribution in [0, 0.1) is 0 Å². The SMILES string of the molecule is COc1cc2ncnc(Sc3cccc(N)c3)c2cc1OCCCN1CCCCC1. The van der Waals surface area contributed by atoms with Gasteiger partial charge in [0.05, 0.1) is 19.2 Å². The summed E-state index contributed by atoms with van der Waals surface area (Å²) in [6, 6.07) is 11.7. The van der Waals surface area contributed by atoms with Crippen molar-refractivity contribution in [2.24, 2.45) is 0 Å². The first-order valence-electron chi connectivity index (χ1n) is 10.4. The van der Waals surface area contributed by atoms with E-state index in [1.54, 1.807) is 25.2 Å². The molecule has 0 bridgehead atoms. The summed E-state index contributed by atoms with van der Waals surface area (Å²) in [5.41, 5.74) is 7.48. The van der Waals surface area contributed by atoms with Crippen molar-refractivity contribution in [1.82, 2.24) is 14.9 Å². The molecule has 0 atom stereocenters. The van der Waals surface area contributed by atoms with E-state index >= 15 is 0 Å². The molecule has 1 aromatic heterocycles. The van der Waals surface area contributed by atoms with Crippen LogP contribution in [0.25, 0.3) is 10.9 Å². The second-order valence-electron chi connectivity index (χ2n) is 7.48. The Labute approximate surface area is 181 Å². The molecule has 0 spiro atoms. The highest BCUT2D eigenvalue weighted by Gasteiger charge is 2.14. The van der Waals surface area contributed by atoms with Gasteiger partial charge < -0.3 is 20.1 Å². The first-order valence-corrected chi connectivity index (χ1v) is 11.3. The number of methoxy groups -OCH3 is 1. The van der Waals surface area contributed by atoms with E-state index in [0.29, 0.717) is 12.4 Å². The molecule has 2 heterocycles. The first kappa shape index (κ1) is 20.8. The molecule has 0 saturated carbocycles. The molecule has 4 rings (SSSR count). The van der Waals surface area contributed by atoms with Crippen molar-refractivity contribution in [3.05, 3.63) is 42.7 Å². The van der Waals surface area contributed by atoms with E-state index in [0.717, 1.165) is 45.2 Å². The van der Waals surface area contributed by atoms with Gasteiger partial charge >= 0.3 is 0 Å². The number of nitrogens with zero attached hydrogens (tertiary/aromatic N) is 3. The van der Waals surface area contributed by atoms with Gasteiger partial charge in [-0.3, -0.25) is 0 Å². The Bertz CT molecular complexity index is 992. The number of hydrogen-bond donors (Lipinski definition) is 1. The van der Waals surface area contributed by atoms with Crippen molar-refractivity contribution in [2.45, 2.75) is 35.6 Å². The number of rotatable bonds is 8. The van der Waals surface area contributed by atoms with E-state index in [9.17, 15) is 0 Å². The van der Waals surface area contributed by atoms with Gasteiger partial charge in [0.1, 0.15) is 11.4 Å². The maximum absolute atomic E-state index is 6.12. The molecule has 1 fully saturated rings. The van der Waals surface area contributed by atoms with Crippen LogP contribution in [0.2, 0.25) is 0 Å². The van der Waals surface area contributed by atoms with Gasteiger partial charge in [0.25, 0.3) is 0 Å². The third-order valence-corrected chi connectivity index (χ3v) is 6.29. The molecule has 2 N–H and O–H groups in total. The average Bonchev–Trinajstić information content (AvgIpc) is 2.77. The predicted molar refractivity (Wildman–Crippen MR) is 121 cm³/mol. The molecule has 6 nitrogen and oxygen atoms in total. The molecule has 3 aromatic rings. The lowest BCUT2D eigenvalue weighted by Crippen LogP contribution is -2.31. The molecule has 0 amide bonds. The fourth-order valence-electron chi connectivity index (χ4n) is 3.74. The van der Waals surface area contributed by atoms with E-state index in [4.69, 9.17) is 15.2 Å². The minimum absolute atomic E-state index is 0.657. The van der Waals surface area contributed by atoms with Gasteiger partial charge in [-0.05, 0) is 56.6 Å². The van der Waals surface area contributed by atoms with E-state index in [1.807, 2.05) is 36.4 Å². The van der Waals surface area contributed by atoms with Crippen LogP contribution in [0.15, 0.2) is 52.6 Å². The summed E-state index contributed by atoms with van der Waals surface area (Å²) in [7, 11) is 1.66. The van der Waals surface area contributed by atoms with Crippen molar-refractivity contribution in [1.29, 1.82) is 0 Å². The summed E-state index contributed by atoms with van der Waals surface area (Å²) < 4.78 is 11.7. The smallest absolute Gasteiger partial charge is 0.162 e. The lowest BCUT2D eigenvalue weighted by molar-refractivity contribution is 0.203. The highest BCUT2D eigenvalue weighted by Crippen LogP contribution is 2.37. The van der Waals surface area contributed by atoms with E-state index < -0.39 is 0 Å². The van der Waals surface area contributed by atoms with Gasteiger partial charge in [-0.15, -0.1) is 0 Å². The monoisotopic (exact) mass is 424 g/mol. The second kappa shape index (κ2) is 10.00. The van der Waals surface area contributed by atoms with Crippen LogP contribution in [-0.2, 0) is 0 Å². The number of nitrogens with two attached hydrogens (primary N) is 1. The molecule has 0 unspecified atom stereocenters. The van der Waals surface area contributed by atoms with Crippen molar-refractivity contribution in [3.8, 4) is 11.5 Å². The molecule has 2 aromatic carbocycles. The Balaban J connectivity index is 1.50. The zero-order chi connectivity index (χ0) is 20.8. The minimum Gasteiger partial charge on any atom is -0.493 e. The number of benzene rings is 2. The Morgan fingerprint density at radius 2 is 1.93 bits per heavy atom. The average molecular weight is 425 g/mol. The maximum Gasteiger partial charge on any atom is 0.162 e. The fraction of sp³-hybridized carbons (Fsp3) is 0.391. The first-order chi connectivity index (χ1) is 14.7. The number of ether oxygens (including phenoxy) is 2. The molecule has 0 radical (unpaired) electrons. The number of aromatic nitrogens is 2. The van der Waals surface area contributed by atoms with Crippen LogP contribution in [0.4, 0.5) is 5.69 Å². The molecule has 1 aliphatic heterocycles. The largest absolute Gasteiger partial charge is 0.493 e. The third-order valence-electron chi connectivity index (χ3n) is 5.28. The molecule has 1 aliphatic rings. The van der Waals surface area contributed by atoms with Crippen molar-refractivity contribution < 1.29 is 9.47 Å². The predicted octanol–water partition coefficient (Wildman–Crippen LogP) is 4.63. The number of hydrogen-bond acceptors (Lipinski definition) is 7. The molecule has 158 valence electrons. The van der Waals surface area contributed by atoms with Gasteiger partial charge in [-0.25, -0.2) is 9.97 Å². The molecule has 0 aliphatic carbocycles. The van der Waals surface area contributed by atoms with E-state index in [-0.39, 0.29) is 0 Å². The Morgan fingerprint density at radius 1 is 1.07 bits per heavy atom. The second-order valence-corrected chi connectivity index (χ2v) is 8.54. The summed E-state index contributed by atoms with van der Waals surface area (Å²) in [6.45, 7) is 4.15. The Hall–Kier alpha value is -2.51. The van der Waals surface area contributed by atoms with Crippen LogP contribution in [0.5, 0.6) is 11.5 Å². The zero-order valence-electron chi connectivity index (χ0n) is 17.3. The Morgan fingerprint density at radius 3 is 2.73 bits per heavy atom. The quantitative estimate of drug-likeness (QED) is 0.321. The number of anilines is 1. The molecule has 1 saturated heterocycles. The van der Waals surface area contributed by atoms with Gasteiger partial charge in [0.2, 0.25) is 0 Å². The minimum atomic E-state index is 0.657. The van der Waals surface area contributed by atoms with Crippen molar-refractivity contribution in [2.75, 3.05) is 39.1 Å².